The Labute approximate surface area is 148 Å². The van der Waals surface area contributed by atoms with Crippen LogP contribution < -0.4 is 11.1 Å². The lowest BCUT2D eigenvalue weighted by Crippen LogP contribution is -2.03. The van der Waals surface area contributed by atoms with Crippen molar-refractivity contribution in [3.63, 3.8) is 0 Å². The molecule has 7 nitrogen and oxygen atoms in total. The largest absolute Gasteiger partial charge is 0.396 e. The average Bonchev–Trinajstić information content (AvgIpc) is 2.63. The molecule has 0 amide bonds. The molecule has 0 bridgehead atoms. The molecule has 122 valence electrons. The number of hydrogen-bond donors (Lipinski definition) is 2. The third-order valence-corrected chi connectivity index (χ3v) is 3.76. The molecule has 0 atom stereocenters. The molecule has 1 aromatic carbocycles. The highest BCUT2D eigenvalue weighted by atomic mass is 35.5. The van der Waals surface area contributed by atoms with Crippen LogP contribution in [0.4, 0.5) is 17.2 Å². The minimum Gasteiger partial charge on any atom is -0.396 e. The van der Waals surface area contributed by atoms with Crippen molar-refractivity contribution in [3.8, 4) is 11.4 Å². The van der Waals surface area contributed by atoms with Gasteiger partial charge in [-0.1, -0.05) is 23.7 Å². The molecule has 8 heteroatoms. The lowest BCUT2D eigenvalue weighted by molar-refractivity contribution is 1.15. The van der Waals surface area contributed by atoms with E-state index in [9.17, 15) is 0 Å². The Kier molecular flexibility index (Phi) is 3.83. The van der Waals surface area contributed by atoms with E-state index in [1.54, 1.807) is 43.0 Å². The lowest BCUT2D eigenvalue weighted by Gasteiger charge is -2.11. The highest BCUT2D eigenvalue weighted by Gasteiger charge is 2.13. The number of hydrogen-bond acceptors (Lipinski definition) is 7. The highest BCUT2D eigenvalue weighted by molar-refractivity contribution is 6.30. The van der Waals surface area contributed by atoms with Crippen molar-refractivity contribution in [1.29, 1.82) is 0 Å². The van der Waals surface area contributed by atoms with Crippen LogP contribution in [0.15, 0.2) is 55.1 Å². The van der Waals surface area contributed by atoms with Gasteiger partial charge in [0, 0.05) is 29.2 Å². The maximum atomic E-state index is 6.08. The molecule has 25 heavy (non-hydrogen) atoms. The van der Waals surface area contributed by atoms with Gasteiger partial charge in [-0.05, 0) is 18.2 Å². The summed E-state index contributed by atoms with van der Waals surface area (Å²) in [5.74, 6) is 0.997. The highest BCUT2D eigenvalue weighted by Crippen LogP contribution is 2.27. The topological polar surface area (TPSA) is 102 Å². The van der Waals surface area contributed by atoms with E-state index in [-0.39, 0.29) is 0 Å². The van der Waals surface area contributed by atoms with E-state index in [0.717, 1.165) is 5.56 Å². The predicted molar refractivity (Wildman–Crippen MR) is 97.5 cm³/mol. The fourth-order valence-electron chi connectivity index (χ4n) is 2.36. The Bertz CT molecular complexity index is 1070. The second-order valence-electron chi connectivity index (χ2n) is 5.22. The van der Waals surface area contributed by atoms with Crippen LogP contribution in [0.25, 0.3) is 22.6 Å². The molecular formula is C17H12ClN7. The molecule has 0 saturated heterocycles. The molecule has 0 aliphatic rings. The molecule has 4 rings (SSSR count). The summed E-state index contributed by atoms with van der Waals surface area (Å²) in [6, 6.07) is 9.08. The summed E-state index contributed by atoms with van der Waals surface area (Å²) in [4.78, 5) is 21.7. The Hall–Kier alpha value is -3.32. The number of halogens is 1. The third kappa shape index (κ3) is 3.05. The zero-order valence-electron chi connectivity index (χ0n) is 12.9. The van der Waals surface area contributed by atoms with Crippen molar-refractivity contribution in [3.05, 3.63) is 60.1 Å². The molecular weight excluding hydrogens is 338 g/mol. The van der Waals surface area contributed by atoms with Gasteiger partial charge in [0.05, 0.1) is 17.6 Å². The zero-order valence-corrected chi connectivity index (χ0v) is 13.6. The number of rotatable bonds is 3. The van der Waals surface area contributed by atoms with Crippen molar-refractivity contribution in [2.45, 2.75) is 0 Å². The van der Waals surface area contributed by atoms with Crippen LogP contribution >= 0.6 is 11.6 Å². The van der Waals surface area contributed by atoms with Crippen molar-refractivity contribution < 1.29 is 0 Å². The molecule has 0 unspecified atom stereocenters. The Morgan fingerprint density at radius 2 is 1.88 bits per heavy atom. The number of nitrogens with one attached hydrogen (secondary N) is 1. The van der Waals surface area contributed by atoms with Gasteiger partial charge in [-0.25, -0.2) is 19.9 Å². The number of nitrogen functional groups attached to an aromatic ring is 1. The van der Waals surface area contributed by atoms with Gasteiger partial charge in [-0.3, -0.25) is 4.98 Å². The number of benzene rings is 1. The van der Waals surface area contributed by atoms with E-state index < -0.39 is 0 Å². The minimum absolute atomic E-state index is 0.475. The summed E-state index contributed by atoms with van der Waals surface area (Å²) < 4.78 is 0. The van der Waals surface area contributed by atoms with Crippen LogP contribution in [0.2, 0.25) is 5.02 Å². The molecule has 3 aromatic heterocycles. The summed E-state index contributed by atoms with van der Waals surface area (Å²) in [5, 5.41) is 3.79. The molecule has 0 aliphatic heterocycles. The zero-order chi connectivity index (χ0) is 17.2. The van der Waals surface area contributed by atoms with Gasteiger partial charge in [0.2, 0.25) is 0 Å². The SMILES string of the molecule is Nc1cnccc1Nc1nc(-c2cccc(Cl)c2)nc2nccnc12. The van der Waals surface area contributed by atoms with Gasteiger partial charge in [-0.15, -0.1) is 0 Å². The van der Waals surface area contributed by atoms with E-state index in [1.165, 1.54) is 0 Å². The van der Waals surface area contributed by atoms with Gasteiger partial charge < -0.3 is 11.1 Å². The van der Waals surface area contributed by atoms with Gasteiger partial charge in [0.1, 0.15) is 0 Å². The van der Waals surface area contributed by atoms with Gasteiger partial charge >= 0.3 is 0 Å². The van der Waals surface area contributed by atoms with Gasteiger partial charge in [-0.2, -0.15) is 0 Å². The van der Waals surface area contributed by atoms with Crippen LogP contribution in [0.3, 0.4) is 0 Å². The number of anilines is 3. The second-order valence-corrected chi connectivity index (χ2v) is 5.66. The predicted octanol–water partition coefficient (Wildman–Crippen LogP) is 3.46. The number of fused-ring (bicyclic) bond motifs is 1. The maximum absolute atomic E-state index is 6.08. The first-order valence-corrected chi connectivity index (χ1v) is 7.80. The number of nitrogens with zero attached hydrogens (tertiary/aromatic N) is 5. The molecule has 0 radical (unpaired) electrons. The molecule has 0 saturated carbocycles. The van der Waals surface area contributed by atoms with Crippen molar-refractivity contribution in [1.82, 2.24) is 24.9 Å². The molecule has 0 spiro atoms. The van der Waals surface area contributed by atoms with Crippen LogP contribution in [0, 0.1) is 0 Å². The van der Waals surface area contributed by atoms with Gasteiger partial charge in [0.15, 0.2) is 22.8 Å². The maximum Gasteiger partial charge on any atom is 0.184 e. The first-order valence-electron chi connectivity index (χ1n) is 7.42. The Morgan fingerprint density at radius 1 is 1.00 bits per heavy atom. The first-order chi connectivity index (χ1) is 12.2. The van der Waals surface area contributed by atoms with Crippen molar-refractivity contribution in [2.24, 2.45) is 0 Å². The summed E-state index contributed by atoms with van der Waals surface area (Å²) in [6.45, 7) is 0. The minimum atomic E-state index is 0.475. The van der Waals surface area contributed by atoms with E-state index in [4.69, 9.17) is 17.3 Å². The van der Waals surface area contributed by atoms with Gasteiger partial charge in [0.25, 0.3) is 0 Å². The van der Waals surface area contributed by atoms with Crippen molar-refractivity contribution >= 4 is 40.0 Å². The van der Waals surface area contributed by atoms with E-state index >= 15 is 0 Å². The summed E-state index contributed by atoms with van der Waals surface area (Å²) >= 11 is 6.08. The number of pyridine rings is 1. The number of nitrogens with two attached hydrogens (primary N) is 1. The monoisotopic (exact) mass is 349 g/mol. The van der Waals surface area contributed by atoms with E-state index in [2.05, 4.69) is 30.2 Å². The molecule has 3 N–H and O–H groups in total. The fraction of sp³-hybridized carbons (Fsp3) is 0. The molecule has 0 fully saturated rings. The second kappa shape index (κ2) is 6.29. The molecule has 3 heterocycles. The summed E-state index contributed by atoms with van der Waals surface area (Å²) in [6.07, 6.45) is 6.38. The van der Waals surface area contributed by atoms with Crippen LogP contribution in [0.1, 0.15) is 0 Å². The smallest absolute Gasteiger partial charge is 0.184 e. The molecule has 4 aromatic rings. The quantitative estimate of drug-likeness (QED) is 0.583. The summed E-state index contributed by atoms with van der Waals surface area (Å²) in [7, 11) is 0. The van der Waals surface area contributed by atoms with E-state index in [0.29, 0.717) is 39.2 Å². The van der Waals surface area contributed by atoms with Crippen LogP contribution in [-0.2, 0) is 0 Å². The summed E-state index contributed by atoms with van der Waals surface area (Å²) in [5.41, 5.74) is 8.94. The van der Waals surface area contributed by atoms with E-state index in [1.807, 2.05) is 12.1 Å². The first kappa shape index (κ1) is 15.2. The standard InChI is InChI=1S/C17H12ClN7/c18-11-3-1-2-10(8-11)15-24-16-14(21-6-7-22-16)17(25-15)23-13-4-5-20-9-12(13)19/h1-9H,19H2,(H,20,22,23,24,25). The third-order valence-electron chi connectivity index (χ3n) is 3.52. The Balaban J connectivity index is 1.89. The normalized spacial score (nSPS) is 10.8. The average molecular weight is 350 g/mol. The number of aromatic nitrogens is 5. The van der Waals surface area contributed by atoms with Crippen LogP contribution in [0.5, 0.6) is 0 Å². The van der Waals surface area contributed by atoms with Crippen molar-refractivity contribution in [2.75, 3.05) is 11.1 Å². The fourth-order valence-corrected chi connectivity index (χ4v) is 2.55. The lowest BCUT2D eigenvalue weighted by atomic mass is 10.2. The van der Waals surface area contributed by atoms with Crippen LogP contribution in [-0.4, -0.2) is 24.9 Å². The molecule has 0 aliphatic carbocycles. The Morgan fingerprint density at radius 3 is 2.72 bits per heavy atom.